The molecular formula is C14H22O2. The monoisotopic (exact) mass is 222 g/mol. The van der Waals surface area contributed by atoms with Crippen LogP contribution in [0.15, 0.2) is 30.3 Å². The van der Waals surface area contributed by atoms with Crippen LogP contribution in [0.5, 0.6) is 0 Å². The SMILES string of the molecule is CCCOCCCCC(O)c1ccccc1. The molecule has 1 unspecified atom stereocenters. The molecule has 1 atom stereocenters. The summed E-state index contributed by atoms with van der Waals surface area (Å²) in [7, 11) is 0. The van der Waals surface area contributed by atoms with Crippen LogP contribution in [0, 0.1) is 0 Å². The van der Waals surface area contributed by atoms with Gasteiger partial charge in [0.05, 0.1) is 6.10 Å². The molecule has 0 fully saturated rings. The molecule has 0 aliphatic heterocycles. The summed E-state index contributed by atoms with van der Waals surface area (Å²) in [4.78, 5) is 0. The Hall–Kier alpha value is -0.860. The molecule has 2 nitrogen and oxygen atoms in total. The van der Waals surface area contributed by atoms with E-state index in [-0.39, 0.29) is 6.10 Å². The first-order valence-electron chi connectivity index (χ1n) is 6.15. The van der Waals surface area contributed by atoms with Crippen LogP contribution in [0.2, 0.25) is 0 Å². The van der Waals surface area contributed by atoms with E-state index in [0.29, 0.717) is 0 Å². The van der Waals surface area contributed by atoms with Crippen LogP contribution < -0.4 is 0 Å². The molecule has 0 saturated heterocycles. The third-order valence-electron chi connectivity index (χ3n) is 2.55. The molecule has 1 aromatic carbocycles. The molecule has 0 saturated carbocycles. The minimum Gasteiger partial charge on any atom is -0.388 e. The van der Waals surface area contributed by atoms with E-state index in [1.165, 1.54) is 0 Å². The Bertz CT molecular complexity index is 259. The van der Waals surface area contributed by atoms with Gasteiger partial charge in [-0.3, -0.25) is 0 Å². The van der Waals surface area contributed by atoms with Crippen molar-refractivity contribution >= 4 is 0 Å². The number of ether oxygens (including phenoxy) is 1. The lowest BCUT2D eigenvalue weighted by molar-refractivity contribution is 0.121. The highest BCUT2D eigenvalue weighted by Gasteiger charge is 2.05. The van der Waals surface area contributed by atoms with E-state index in [1.54, 1.807) is 0 Å². The van der Waals surface area contributed by atoms with Crippen molar-refractivity contribution in [1.82, 2.24) is 0 Å². The molecule has 0 aliphatic rings. The number of aliphatic hydroxyl groups is 1. The molecule has 0 bridgehead atoms. The van der Waals surface area contributed by atoms with Crippen molar-refractivity contribution in [3.8, 4) is 0 Å². The molecule has 0 spiro atoms. The van der Waals surface area contributed by atoms with Crippen molar-refractivity contribution < 1.29 is 9.84 Å². The van der Waals surface area contributed by atoms with Gasteiger partial charge in [0.15, 0.2) is 0 Å². The minimum atomic E-state index is -0.327. The highest BCUT2D eigenvalue weighted by atomic mass is 16.5. The molecule has 1 aromatic rings. The van der Waals surface area contributed by atoms with Crippen LogP contribution in [0.3, 0.4) is 0 Å². The first-order valence-corrected chi connectivity index (χ1v) is 6.15. The Balaban J connectivity index is 2.09. The van der Waals surface area contributed by atoms with Gasteiger partial charge in [0.1, 0.15) is 0 Å². The first-order chi connectivity index (χ1) is 7.84. The first kappa shape index (κ1) is 13.2. The third kappa shape index (κ3) is 5.29. The molecule has 1 N–H and O–H groups in total. The summed E-state index contributed by atoms with van der Waals surface area (Å²) in [6.07, 6.45) is 3.61. The summed E-state index contributed by atoms with van der Waals surface area (Å²) in [6.45, 7) is 3.77. The third-order valence-corrected chi connectivity index (χ3v) is 2.55. The lowest BCUT2D eigenvalue weighted by atomic mass is 10.0. The molecule has 0 heterocycles. The molecule has 0 radical (unpaired) electrons. The summed E-state index contributed by atoms with van der Waals surface area (Å²) in [5, 5.41) is 9.88. The summed E-state index contributed by atoms with van der Waals surface area (Å²) in [6, 6.07) is 9.83. The van der Waals surface area contributed by atoms with E-state index in [4.69, 9.17) is 4.74 Å². The Kier molecular flexibility index (Phi) is 6.86. The zero-order valence-corrected chi connectivity index (χ0v) is 10.1. The van der Waals surface area contributed by atoms with Gasteiger partial charge < -0.3 is 9.84 Å². The topological polar surface area (TPSA) is 29.5 Å². The quantitative estimate of drug-likeness (QED) is 0.684. The molecule has 1 rings (SSSR count). The van der Waals surface area contributed by atoms with Crippen molar-refractivity contribution in [2.45, 2.75) is 38.7 Å². The maximum atomic E-state index is 9.88. The smallest absolute Gasteiger partial charge is 0.0790 e. The molecule has 90 valence electrons. The molecule has 2 heteroatoms. The Morgan fingerprint density at radius 3 is 2.56 bits per heavy atom. The van der Waals surface area contributed by atoms with Crippen molar-refractivity contribution in [2.75, 3.05) is 13.2 Å². The van der Waals surface area contributed by atoms with Crippen molar-refractivity contribution in [1.29, 1.82) is 0 Å². The summed E-state index contributed by atoms with van der Waals surface area (Å²) >= 11 is 0. The van der Waals surface area contributed by atoms with Crippen LogP contribution >= 0.6 is 0 Å². The predicted octanol–water partition coefficient (Wildman–Crippen LogP) is 3.32. The Morgan fingerprint density at radius 1 is 1.12 bits per heavy atom. The van der Waals surface area contributed by atoms with E-state index in [0.717, 1.165) is 44.5 Å². The van der Waals surface area contributed by atoms with Gasteiger partial charge in [0.25, 0.3) is 0 Å². The van der Waals surface area contributed by atoms with Crippen molar-refractivity contribution in [2.24, 2.45) is 0 Å². The van der Waals surface area contributed by atoms with Crippen LogP contribution in [0.1, 0.15) is 44.3 Å². The average molecular weight is 222 g/mol. The molecule has 0 aliphatic carbocycles. The molecule has 0 aromatic heterocycles. The fourth-order valence-corrected chi connectivity index (χ4v) is 1.63. The Labute approximate surface area is 98.3 Å². The van der Waals surface area contributed by atoms with E-state index in [2.05, 4.69) is 6.92 Å². The van der Waals surface area contributed by atoms with Gasteiger partial charge in [-0.15, -0.1) is 0 Å². The van der Waals surface area contributed by atoms with Crippen LogP contribution in [0.4, 0.5) is 0 Å². The molecule has 16 heavy (non-hydrogen) atoms. The van der Waals surface area contributed by atoms with E-state index >= 15 is 0 Å². The fourth-order valence-electron chi connectivity index (χ4n) is 1.63. The molecular weight excluding hydrogens is 200 g/mol. The van der Waals surface area contributed by atoms with Gasteiger partial charge in [0.2, 0.25) is 0 Å². The van der Waals surface area contributed by atoms with E-state index in [1.807, 2.05) is 30.3 Å². The second-order valence-electron chi connectivity index (χ2n) is 4.03. The zero-order chi connectivity index (χ0) is 11.6. The number of aliphatic hydroxyl groups excluding tert-OH is 1. The van der Waals surface area contributed by atoms with Gasteiger partial charge in [-0.1, -0.05) is 37.3 Å². The largest absolute Gasteiger partial charge is 0.388 e. The van der Waals surface area contributed by atoms with Crippen molar-refractivity contribution in [3.63, 3.8) is 0 Å². The van der Waals surface area contributed by atoms with Crippen LogP contribution in [-0.2, 0) is 4.74 Å². The van der Waals surface area contributed by atoms with Gasteiger partial charge in [-0.25, -0.2) is 0 Å². The standard InChI is InChI=1S/C14H22O2/c1-2-11-16-12-7-6-10-14(15)13-8-4-3-5-9-13/h3-5,8-9,14-15H,2,6-7,10-12H2,1H3. The van der Waals surface area contributed by atoms with Gasteiger partial charge >= 0.3 is 0 Å². The average Bonchev–Trinajstić information content (AvgIpc) is 2.34. The lowest BCUT2D eigenvalue weighted by Gasteiger charge is -2.10. The molecule has 0 amide bonds. The highest BCUT2D eigenvalue weighted by molar-refractivity contribution is 5.16. The van der Waals surface area contributed by atoms with Crippen molar-refractivity contribution in [3.05, 3.63) is 35.9 Å². The van der Waals surface area contributed by atoms with E-state index in [9.17, 15) is 5.11 Å². The summed E-state index contributed by atoms with van der Waals surface area (Å²) in [5.74, 6) is 0. The van der Waals surface area contributed by atoms with Gasteiger partial charge in [0, 0.05) is 13.2 Å². The predicted molar refractivity (Wildman–Crippen MR) is 66.4 cm³/mol. The van der Waals surface area contributed by atoms with Gasteiger partial charge in [-0.05, 0) is 31.2 Å². The Morgan fingerprint density at radius 2 is 1.88 bits per heavy atom. The number of hydrogen-bond donors (Lipinski definition) is 1. The summed E-state index contributed by atoms with van der Waals surface area (Å²) in [5.41, 5.74) is 1.01. The zero-order valence-electron chi connectivity index (χ0n) is 10.1. The fraction of sp³-hybridized carbons (Fsp3) is 0.571. The van der Waals surface area contributed by atoms with E-state index < -0.39 is 0 Å². The number of benzene rings is 1. The summed E-state index contributed by atoms with van der Waals surface area (Å²) < 4.78 is 5.39. The second-order valence-corrected chi connectivity index (χ2v) is 4.03. The minimum absolute atomic E-state index is 0.327. The lowest BCUT2D eigenvalue weighted by Crippen LogP contribution is -2.00. The second kappa shape index (κ2) is 8.31. The highest BCUT2D eigenvalue weighted by Crippen LogP contribution is 2.18. The van der Waals surface area contributed by atoms with Gasteiger partial charge in [-0.2, -0.15) is 0 Å². The van der Waals surface area contributed by atoms with Crippen LogP contribution in [0.25, 0.3) is 0 Å². The number of unbranched alkanes of at least 4 members (excludes halogenated alkanes) is 1. The number of rotatable bonds is 8. The maximum absolute atomic E-state index is 9.88. The normalized spacial score (nSPS) is 12.6. The van der Waals surface area contributed by atoms with Crippen LogP contribution in [-0.4, -0.2) is 18.3 Å². The maximum Gasteiger partial charge on any atom is 0.0790 e. The number of hydrogen-bond acceptors (Lipinski definition) is 2.